The smallest absolute Gasteiger partial charge is 0.230 e. The second kappa shape index (κ2) is 11.1. The van der Waals surface area contributed by atoms with E-state index in [2.05, 4.69) is 20.2 Å². The number of aromatic nitrogens is 2. The zero-order valence-corrected chi connectivity index (χ0v) is 18.3. The maximum atomic E-state index is 12.2. The number of likely N-dealkylation sites (tertiary alicyclic amines) is 1. The third-order valence-electron chi connectivity index (χ3n) is 4.89. The van der Waals surface area contributed by atoms with Crippen molar-refractivity contribution in [3.05, 3.63) is 47.8 Å². The molecule has 7 nitrogen and oxygen atoms in total. The summed E-state index contributed by atoms with van der Waals surface area (Å²) in [6.07, 6.45) is 3.59. The van der Waals surface area contributed by atoms with Crippen LogP contribution in [0.5, 0.6) is 5.75 Å². The number of nitrogens with zero attached hydrogens (tertiary/aromatic N) is 3. The molecule has 30 heavy (non-hydrogen) atoms. The molecule has 2 aromatic rings. The molecule has 1 aromatic carbocycles. The Morgan fingerprint density at radius 3 is 2.80 bits per heavy atom. The second-order valence-corrected chi connectivity index (χ2v) is 8.35. The first-order valence-electron chi connectivity index (χ1n) is 10.2. The minimum Gasteiger partial charge on any atom is -0.494 e. The Morgan fingerprint density at radius 1 is 1.27 bits per heavy atom. The summed E-state index contributed by atoms with van der Waals surface area (Å²) in [7, 11) is 0. The summed E-state index contributed by atoms with van der Waals surface area (Å²) >= 11 is 1.36. The van der Waals surface area contributed by atoms with Crippen LogP contribution in [0.2, 0.25) is 0 Å². The van der Waals surface area contributed by atoms with Crippen LogP contribution in [-0.2, 0) is 4.79 Å². The first-order valence-corrected chi connectivity index (χ1v) is 11.2. The second-order valence-electron chi connectivity index (χ2n) is 7.41. The van der Waals surface area contributed by atoms with Crippen molar-refractivity contribution in [2.24, 2.45) is 0 Å². The van der Waals surface area contributed by atoms with Crippen molar-refractivity contribution in [3.8, 4) is 5.75 Å². The lowest BCUT2D eigenvalue weighted by Gasteiger charge is -2.17. The average Bonchev–Trinajstić information content (AvgIpc) is 3.17. The first-order chi connectivity index (χ1) is 14.5. The molecule has 1 aliphatic heterocycles. The molecule has 2 heterocycles. The number of hydrogen-bond donors (Lipinski definition) is 1. The van der Waals surface area contributed by atoms with Gasteiger partial charge in [-0.2, -0.15) is 0 Å². The topological polar surface area (TPSA) is 84.4 Å². The fourth-order valence-electron chi connectivity index (χ4n) is 3.31. The van der Waals surface area contributed by atoms with Gasteiger partial charge >= 0.3 is 0 Å². The third kappa shape index (κ3) is 7.11. The number of hydrogen-bond acceptors (Lipinski definition) is 7. The predicted octanol–water partition coefficient (Wildman–Crippen LogP) is 2.74. The summed E-state index contributed by atoms with van der Waals surface area (Å²) in [4.78, 5) is 34.3. The highest BCUT2D eigenvalue weighted by atomic mass is 32.2. The number of benzene rings is 1. The standard InChI is InChI=1S/C22H28N4O3S/c1-16-8-10-23-22(24-16)30-15-21(28)25-19-9-12-26(14-19)11-3-13-29-20-6-4-18(5-7-20)17(2)27/h4-8,10,19H,3,9,11-15H2,1-2H3,(H,25,28)/t19-/m1/s1. The van der Waals surface area contributed by atoms with Crippen LogP contribution in [0.4, 0.5) is 0 Å². The van der Waals surface area contributed by atoms with E-state index >= 15 is 0 Å². The minimum absolute atomic E-state index is 0.0225. The Labute approximate surface area is 181 Å². The van der Waals surface area contributed by atoms with Crippen LogP contribution in [0.1, 0.15) is 35.8 Å². The lowest BCUT2D eigenvalue weighted by atomic mass is 10.1. The molecule has 1 N–H and O–H groups in total. The van der Waals surface area contributed by atoms with Gasteiger partial charge in [0.1, 0.15) is 5.75 Å². The number of carbonyl (C=O) groups excluding carboxylic acids is 2. The van der Waals surface area contributed by atoms with Gasteiger partial charge in [-0.25, -0.2) is 9.97 Å². The molecule has 0 unspecified atom stereocenters. The predicted molar refractivity (Wildman–Crippen MR) is 117 cm³/mol. The highest BCUT2D eigenvalue weighted by Gasteiger charge is 2.23. The molecular formula is C22H28N4O3S. The fourth-order valence-corrected chi connectivity index (χ4v) is 4.00. The summed E-state index contributed by atoms with van der Waals surface area (Å²) in [5.74, 6) is 1.19. The van der Waals surface area contributed by atoms with E-state index in [9.17, 15) is 9.59 Å². The quantitative estimate of drug-likeness (QED) is 0.270. The highest BCUT2D eigenvalue weighted by Crippen LogP contribution is 2.15. The molecule has 1 fully saturated rings. The van der Waals surface area contributed by atoms with Gasteiger partial charge < -0.3 is 15.0 Å². The van der Waals surface area contributed by atoms with Crippen LogP contribution < -0.4 is 10.1 Å². The van der Waals surface area contributed by atoms with Crippen molar-refractivity contribution in [2.75, 3.05) is 32.0 Å². The monoisotopic (exact) mass is 428 g/mol. The van der Waals surface area contributed by atoms with Crippen molar-refractivity contribution >= 4 is 23.5 Å². The maximum Gasteiger partial charge on any atom is 0.230 e. The van der Waals surface area contributed by atoms with Gasteiger partial charge in [0.15, 0.2) is 10.9 Å². The van der Waals surface area contributed by atoms with Crippen molar-refractivity contribution in [1.29, 1.82) is 0 Å². The van der Waals surface area contributed by atoms with Crippen molar-refractivity contribution in [2.45, 2.75) is 37.9 Å². The van der Waals surface area contributed by atoms with E-state index in [-0.39, 0.29) is 17.7 Å². The van der Waals surface area contributed by atoms with E-state index in [1.165, 1.54) is 11.8 Å². The summed E-state index contributed by atoms with van der Waals surface area (Å²) in [6.45, 7) is 6.87. The number of amides is 1. The Morgan fingerprint density at radius 2 is 2.07 bits per heavy atom. The van der Waals surface area contributed by atoms with E-state index in [1.54, 1.807) is 25.3 Å². The molecule has 1 amide bonds. The molecule has 8 heteroatoms. The summed E-state index contributed by atoms with van der Waals surface area (Å²) in [5, 5.41) is 3.74. The molecule has 160 valence electrons. The van der Waals surface area contributed by atoms with E-state index in [0.717, 1.165) is 43.9 Å². The lowest BCUT2D eigenvalue weighted by Crippen LogP contribution is -2.38. The third-order valence-corrected chi connectivity index (χ3v) is 5.75. The number of thioether (sulfide) groups is 1. The lowest BCUT2D eigenvalue weighted by molar-refractivity contribution is -0.119. The van der Waals surface area contributed by atoms with Crippen LogP contribution >= 0.6 is 11.8 Å². The molecule has 1 saturated heterocycles. The van der Waals surface area contributed by atoms with Crippen LogP contribution in [0.15, 0.2) is 41.7 Å². The number of aryl methyl sites for hydroxylation is 1. The van der Waals surface area contributed by atoms with Gasteiger partial charge in [0.25, 0.3) is 0 Å². The maximum absolute atomic E-state index is 12.2. The number of nitrogens with one attached hydrogen (secondary N) is 1. The van der Waals surface area contributed by atoms with Crippen LogP contribution in [0.3, 0.4) is 0 Å². The van der Waals surface area contributed by atoms with Crippen LogP contribution in [0, 0.1) is 6.92 Å². The molecule has 1 aliphatic rings. The van der Waals surface area contributed by atoms with Crippen LogP contribution in [-0.4, -0.2) is 64.6 Å². The molecule has 0 aliphatic carbocycles. The van der Waals surface area contributed by atoms with E-state index < -0.39 is 0 Å². The number of ether oxygens (including phenoxy) is 1. The SMILES string of the molecule is CC(=O)c1ccc(OCCCN2CC[C@@H](NC(=O)CSc3nccc(C)n3)C2)cc1. The Balaban J connectivity index is 1.29. The van der Waals surface area contributed by atoms with Crippen LogP contribution in [0.25, 0.3) is 0 Å². The largest absolute Gasteiger partial charge is 0.494 e. The Hall–Kier alpha value is -2.45. The summed E-state index contributed by atoms with van der Waals surface area (Å²) < 4.78 is 5.75. The van der Waals surface area contributed by atoms with E-state index in [0.29, 0.717) is 23.1 Å². The number of rotatable bonds is 10. The molecule has 0 bridgehead atoms. The van der Waals surface area contributed by atoms with Gasteiger partial charge in [-0.1, -0.05) is 11.8 Å². The normalized spacial score (nSPS) is 16.4. The van der Waals surface area contributed by atoms with E-state index in [1.807, 2.05) is 25.1 Å². The average molecular weight is 429 g/mol. The van der Waals surface area contributed by atoms with Gasteiger partial charge in [0.05, 0.1) is 12.4 Å². The van der Waals surface area contributed by atoms with Gasteiger partial charge in [0.2, 0.25) is 5.91 Å². The first kappa shape index (κ1) is 22.2. The Kier molecular flexibility index (Phi) is 8.21. The number of Topliss-reactive ketones (excluding diaryl/α,β-unsaturated/α-hetero) is 1. The van der Waals surface area contributed by atoms with Gasteiger partial charge in [-0.3, -0.25) is 9.59 Å². The summed E-state index contributed by atoms with van der Waals surface area (Å²) in [5.41, 5.74) is 1.59. The van der Waals surface area contributed by atoms with Gasteiger partial charge in [-0.15, -0.1) is 0 Å². The molecular weight excluding hydrogens is 400 g/mol. The van der Waals surface area contributed by atoms with Crippen molar-refractivity contribution in [3.63, 3.8) is 0 Å². The minimum atomic E-state index is 0.0225. The van der Waals surface area contributed by atoms with E-state index in [4.69, 9.17) is 4.74 Å². The Bertz CT molecular complexity index is 860. The molecule has 0 saturated carbocycles. The molecule has 1 aromatic heterocycles. The molecule has 0 spiro atoms. The van der Waals surface area contributed by atoms with Crippen molar-refractivity contribution in [1.82, 2.24) is 20.2 Å². The van der Waals surface area contributed by atoms with Gasteiger partial charge in [-0.05, 0) is 57.0 Å². The highest BCUT2D eigenvalue weighted by molar-refractivity contribution is 7.99. The molecule has 1 atom stereocenters. The van der Waals surface area contributed by atoms with Gasteiger partial charge in [0, 0.05) is 43.1 Å². The van der Waals surface area contributed by atoms with Crippen molar-refractivity contribution < 1.29 is 14.3 Å². The zero-order chi connectivity index (χ0) is 21.3. The number of ketones is 1. The molecule has 3 rings (SSSR count). The zero-order valence-electron chi connectivity index (χ0n) is 17.5. The number of carbonyl (C=O) groups is 2. The fraction of sp³-hybridized carbons (Fsp3) is 0.455. The summed E-state index contributed by atoms with van der Waals surface area (Å²) in [6, 6.07) is 9.27. The molecule has 0 radical (unpaired) electrons.